The molecule has 0 spiro atoms. The van der Waals surface area contributed by atoms with Gasteiger partial charge in [0.25, 0.3) is 0 Å². The molecule has 1 amide bonds. The summed E-state index contributed by atoms with van der Waals surface area (Å²) < 4.78 is 0.226. The van der Waals surface area contributed by atoms with Crippen molar-refractivity contribution in [2.75, 3.05) is 0 Å². The van der Waals surface area contributed by atoms with Gasteiger partial charge in [-0.3, -0.25) is 10.2 Å². The first-order chi connectivity index (χ1) is 15.2. The van der Waals surface area contributed by atoms with Gasteiger partial charge < -0.3 is 0 Å². The molecule has 8 unspecified atom stereocenters. The second-order valence-electron chi connectivity index (χ2n) is 12.4. The normalized spacial score (nSPS) is 41.9. The van der Waals surface area contributed by atoms with E-state index in [9.17, 15) is 4.79 Å². The van der Waals surface area contributed by atoms with Gasteiger partial charge in [-0.1, -0.05) is 54.4 Å². The van der Waals surface area contributed by atoms with Crippen LogP contribution in [-0.4, -0.2) is 16.5 Å². The molecule has 0 aliphatic heterocycles. The SMILES string of the molecule is CC.CC(NNC=O)SC(C)(C)CC1CCC2C3CCC4CCCCC4(C)C3CCC12C. The summed E-state index contributed by atoms with van der Waals surface area (Å²) in [5.41, 5.74) is 6.92. The summed E-state index contributed by atoms with van der Waals surface area (Å²) in [7, 11) is 0. The molecule has 4 aliphatic rings. The first-order valence-electron chi connectivity index (χ1n) is 13.8. The quantitative estimate of drug-likeness (QED) is 0.232. The molecule has 8 atom stereocenters. The van der Waals surface area contributed by atoms with Crippen molar-refractivity contribution in [2.45, 2.75) is 129 Å². The van der Waals surface area contributed by atoms with Crippen LogP contribution < -0.4 is 10.9 Å². The highest BCUT2D eigenvalue weighted by atomic mass is 32.2. The van der Waals surface area contributed by atoms with Crippen LogP contribution in [0.1, 0.15) is 119 Å². The Kier molecular flexibility index (Phi) is 8.73. The number of rotatable bonds is 7. The summed E-state index contributed by atoms with van der Waals surface area (Å²) in [6.45, 7) is 16.3. The maximum absolute atomic E-state index is 10.6. The van der Waals surface area contributed by atoms with Crippen LogP contribution >= 0.6 is 11.8 Å². The number of hydrogen-bond donors (Lipinski definition) is 2. The maximum Gasteiger partial charge on any atom is 0.221 e. The van der Waals surface area contributed by atoms with Gasteiger partial charge in [-0.05, 0) is 105 Å². The fourth-order valence-corrected chi connectivity index (χ4v) is 10.4. The van der Waals surface area contributed by atoms with E-state index in [1.807, 2.05) is 25.6 Å². The molecule has 0 aromatic heterocycles. The third-order valence-electron chi connectivity index (χ3n) is 10.4. The van der Waals surface area contributed by atoms with E-state index >= 15 is 0 Å². The molecule has 0 saturated heterocycles. The number of carbonyl (C=O) groups is 1. The molecule has 4 aliphatic carbocycles. The first kappa shape index (κ1) is 26.4. The number of carbonyl (C=O) groups excluding carboxylic acids is 1. The number of fused-ring (bicyclic) bond motifs is 5. The van der Waals surface area contributed by atoms with Crippen molar-refractivity contribution >= 4 is 18.2 Å². The molecule has 4 rings (SSSR count). The van der Waals surface area contributed by atoms with Crippen LogP contribution in [0.15, 0.2) is 0 Å². The predicted octanol–water partition coefficient (Wildman–Crippen LogP) is 7.56. The smallest absolute Gasteiger partial charge is 0.221 e. The average Bonchev–Trinajstić information content (AvgIpc) is 3.08. The molecular formula is C28H52N2OS. The summed E-state index contributed by atoms with van der Waals surface area (Å²) in [6.07, 6.45) is 16.9. The number of thioether (sulfide) groups is 1. The second kappa shape index (κ2) is 10.6. The summed E-state index contributed by atoms with van der Waals surface area (Å²) >= 11 is 1.97. The monoisotopic (exact) mass is 464 g/mol. The maximum atomic E-state index is 10.6. The lowest BCUT2D eigenvalue weighted by atomic mass is 9.45. The number of amides is 1. The Morgan fingerprint density at radius 2 is 1.69 bits per heavy atom. The molecule has 0 aromatic carbocycles. The van der Waals surface area contributed by atoms with E-state index in [-0.39, 0.29) is 10.1 Å². The zero-order valence-electron chi connectivity index (χ0n) is 22.1. The zero-order chi connectivity index (χ0) is 23.6. The predicted molar refractivity (Wildman–Crippen MR) is 139 cm³/mol. The van der Waals surface area contributed by atoms with Crippen LogP contribution in [0.2, 0.25) is 0 Å². The topological polar surface area (TPSA) is 41.1 Å². The van der Waals surface area contributed by atoms with E-state index in [1.54, 1.807) is 0 Å². The van der Waals surface area contributed by atoms with Gasteiger partial charge in [0.05, 0.1) is 5.37 Å². The number of hydrogen-bond acceptors (Lipinski definition) is 3. The lowest BCUT2D eigenvalue weighted by molar-refractivity contribution is -0.111. The molecule has 4 heteroatoms. The second-order valence-corrected chi connectivity index (χ2v) is 14.4. The first-order valence-corrected chi connectivity index (χ1v) is 14.7. The summed E-state index contributed by atoms with van der Waals surface area (Å²) in [6, 6.07) is 0. The van der Waals surface area contributed by atoms with Crippen molar-refractivity contribution in [2.24, 2.45) is 40.4 Å². The molecule has 186 valence electrons. The third-order valence-corrected chi connectivity index (χ3v) is 11.6. The molecule has 3 nitrogen and oxygen atoms in total. The summed E-state index contributed by atoms with van der Waals surface area (Å²) in [4.78, 5) is 10.6. The van der Waals surface area contributed by atoms with E-state index in [0.717, 1.165) is 36.0 Å². The van der Waals surface area contributed by atoms with E-state index in [2.05, 4.69) is 45.5 Å². The van der Waals surface area contributed by atoms with Gasteiger partial charge >= 0.3 is 0 Å². The Balaban J connectivity index is 0.00000141. The lowest BCUT2D eigenvalue weighted by Gasteiger charge is -2.60. The summed E-state index contributed by atoms with van der Waals surface area (Å²) in [5.74, 6) is 4.86. The number of hydrazine groups is 1. The molecule has 32 heavy (non-hydrogen) atoms. The Bertz CT molecular complexity index is 625. The van der Waals surface area contributed by atoms with Crippen molar-refractivity contribution < 1.29 is 4.79 Å². The zero-order valence-corrected chi connectivity index (χ0v) is 23.0. The average molecular weight is 465 g/mol. The fourth-order valence-electron chi connectivity index (χ4n) is 9.04. The van der Waals surface area contributed by atoms with E-state index in [4.69, 9.17) is 0 Å². The van der Waals surface area contributed by atoms with Gasteiger partial charge in [0.1, 0.15) is 0 Å². The van der Waals surface area contributed by atoms with Crippen molar-refractivity contribution in [3.05, 3.63) is 0 Å². The minimum Gasteiger partial charge on any atom is -0.293 e. The molecule has 2 N–H and O–H groups in total. The van der Waals surface area contributed by atoms with Gasteiger partial charge in [-0.2, -0.15) is 0 Å². The van der Waals surface area contributed by atoms with Gasteiger partial charge in [-0.15, -0.1) is 11.8 Å². The molecule has 0 aromatic rings. The molecular weight excluding hydrogens is 412 g/mol. The van der Waals surface area contributed by atoms with Crippen LogP contribution in [0.3, 0.4) is 0 Å². The third kappa shape index (κ3) is 5.07. The Hall–Kier alpha value is -0.220. The molecule has 4 fully saturated rings. The minimum absolute atomic E-state index is 0.226. The molecule has 0 radical (unpaired) electrons. The Morgan fingerprint density at radius 1 is 0.969 bits per heavy atom. The Morgan fingerprint density at radius 3 is 2.41 bits per heavy atom. The summed E-state index contributed by atoms with van der Waals surface area (Å²) in [5, 5.41) is 0.229. The van der Waals surface area contributed by atoms with Crippen molar-refractivity contribution in [3.8, 4) is 0 Å². The van der Waals surface area contributed by atoms with Crippen molar-refractivity contribution in [1.82, 2.24) is 10.9 Å². The Labute approximate surface area is 203 Å². The molecule has 4 saturated carbocycles. The highest BCUT2D eigenvalue weighted by Crippen LogP contribution is 2.68. The van der Waals surface area contributed by atoms with Crippen molar-refractivity contribution in [3.63, 3.8) is 0 Å². The molecule has 0 heterocycles. The minimum atomic E-state index is 0.226. The van der Waals surface area contributed by atoms with Gasteiger partial charge in [0.2, 0.25) is 6.41 Å². The van der Waals surface area contributed by atoms with Crippen LogP contribution in [0.4, 0.5) is 0 Å². The van der Waals surface area contributed by atoms with Crippen LogP contribution in [0.25, 0.3) is 0 Å². The molecule has 0 bridgehead atoms. The van der Waals surface area contributed by atoms with Crippen LogP contribution in [0, 0.1) is 40.4 Å². The van der Waals surface area contributed by atoms with Gasteiger partial charge in [-0.25, -0.2) is 5.43 Å². The largest absolute Gasteiger partial charge is 0.293 e. The highest BCUT2D eigenvalue weighted by Gasteiger charge is 2.59. The van der Waals surface area contributed by atoms with Crippen LogP contribution in [-0.2, 0) is 4.79 Å². The fraction of sp³-hybridized carbons (Fsp3) is 0.964. The van der Waals surface area contributed by atoms with Crippen molar-refractivity contribution in [1.29, 1.82) is 0 Å². The van der Waals surface area contributed by atoms with E-state index in [1.165, 1.54) is 70.6 Å². The van der Waals surface area contributed by atoms with Crippen LogP contribution in [0.5, 0.6) is 0 Å². The van der Waals surface area contributed by atoms with Gasteiger partial charge in [0.15, 0.2) is 0 Å². The highest BCUT2D eigenvalue weighted by molar-refractivity contribution is 8.01. The van der Waals surface area contributed by atoms with Gasteiger partial charge in [0, 0.05) is 4.75 Å². The number of nitrogens with one attached hydrogen (secondary N) is 2. The lowest BCUT2D eigenvalue weighted by Crippen LogP contribution is -2.53. The van der Waals surface area contributed by atoms with E-state index in [0.29, 0.717) is 10.8 Å². The van der Waals surface area contributed by atoms with E-state index < -0.39 is 0 Å². The standard InChI is InChI=1S/C26H46N2OS.C2H6/c1-18(28-27-17-29)30-24(2,3)16-20-10-12-22-21-11-9-19-8-6-7-14-25(19,4)23(21)13-15-26(20,22)5;1-2/h17-23,28H,6-16H2,1-5H3,(H,27,29);1-2H3.